The molecule has 3 aromatic rings. The molecule has 0 aliphatic carbocycles. The minimum atomic E-state index is -4.56. The van der Waals surface area contributed by atoms with Gasteiger partial charge < -0.3 is 26.7 Å². The van der Waals surface area contributed by atoms with Crippen LogP contribution in [0.2, 0.25) is 0 Å². The largest absolute Gasteiger partial charge is 0.405 e. The molecule has 3 rings (SSSR count). The lowest BCUT2D eigenvalue weighted by Crippen LogP contribution is -2.56. The van der Waals surface area contributed by atoms with Gasteiger partial charge in [-0.3, -0.25) is 9.78 Å². The van der Waals surface area contributed by atoms with Gasteiger partial charge in [0, 0.05) is 47.7 Å². The van der Waals surface area contributed by atoms with Gasteiger partial charge in [-0.15, -0.1) is 0 Å². The van der Waals surface area contributed by atoms with Gasteiger partial charge in [-0.1, -0.05) is 13.8 Å². The van der Waals surface area contributed by atoms with Crippen LogP contribution < -0.4 is 21.7 Å². The third-order valence-corrected chi connectivity index (χ3v) is 5.28. The number of rotatable bonds is 6. The zero-order chi connectivity index (χ0) is 24.4. The highest BCUT2D eigenvalue weighted by Gasteiger charge is 2.41. The van der Waals surface area contributed by atoms with Crippen molar-refractivity contribution >= 4 is 28.7 Å². The Morgan fingerprint density at radius 3 is 2.55 bits per heavy atom. The standard InChI is InChI=1S/C21H24F3N7O2/c1-11(2)21(25,18(32)30-10-20(22,23)24)13-4-12(6-27-7-13)16-9-29-17-15(16)5-14(8-28-17)31-19(33)26-3/h4-9,11H,10,25H2,1-3H3,(H,28,29)(H,30,32)(H2,26,31,33). The molecular formula is C21H24F3N7O2. The van der Waals surface area contributed by atoms with Crippen molar-refractivity contribution < 1.29 is 22.8 Å². The number of amides is 3. The number of halogens is 3. The van der Waals surface area contributed by atoms with Crippen molar-refractivity contribution in [1.29, 1.82) is 0 Å². The fourth-order valence-corrected chi connectivity index (χ4v) is 3.37. The summed E-state index contributed by atoms with van der Waals surface area (Å²) in [5.41, 5.74) is 7.11. The zero-order valence-electron chi connectivity index (χ0n) is 18.2. The van der Waals surface area contributed by atoms with Gasteiger partial charge in [-0.05, 0) is 18.1 Å². The lowest BCUT2D eigenvalue weighted by molar-refractivity contribution is -0.143. The van der Waals surface area contributed by atoms with E-state index in [-0.39, 0.29) is 5.56 Å². The van der Waals surface area contributed by atoms with Gasteiger partial charge in [-0.25, -0.2) is 9.78 Å². The van der Waals surface area contributed by atoms with Crippen LogP contribution in [0.25, 0.3) is 22.2 Å². The molecular weight excluding hydrogens is 439 g/mol. The quantitative estimate of drug-likeness (QED) is 0.383. The summed E-state index contributed by atoms with van der Waals surface area (Å²) < 4.78 is 37.9. The SMILES string of the molecule is CNC(=O)Nc1cnc2[nH]cc(-c3cncc(C(N)(C(=O)NCC(F)(F)F)C(C)C)c3)c2c1. The first-order chi connectivity index (χ1) is 15.5. The van der Waals surface area contributed by atoms with Gasteiger partial charge in [0.2, 0.25) is 5.91 Å². The predicted molar refractivity (Wildman–Crippen MR) is 117 cm³/mol. The van der Waals surface area contributed by atoms with Crippen LogP contribution >= 0.6 is 0 Å². The molecule has 0 spiro atoms. The summed E-state index contributed by atoms with van der Waals surface area (Å²) in [5, 5.41) is 7.63. The fraction of sp³-hybridized carbons (Fsp3) is 0.333. The smallest absolute Gasteiger partial charge is 0.346 e. The number of urea groups is 1. The Morgan fingerprint density at radius 2 is 1.91 bits per heavy atom. The number of alkyl halides is 3. The Labute approximate surface area is 187 Å². The number of carbonyl (C=O) groups excluding carboxylic acids is 2. The molecule has 3 aromatic heterocycles. The van der Waals surface area contributed by atoms with E-state index in [1.165, 1.54) is 19.4 Å². The molecule has 9 nitrogen and oxygen atoms in total. The number of aromatic amines is 1. The topological polar surface area (TPSA) is 138 Å². The molecule has 0 bridgehead atoms. The molecule has 0 saturated heterocycles. The molecule has 0 aromatic carbocycles. The van der Waals surface area contributed by atoms with Crippen LogP contribution in [0.1, 0.15) is 19.4 Å². The van der Waals surface area contributed by atoms with E-state index >= 15 is 0 Å². The molecule has 0 aliphatic rings. The van der Waals surface area contributed by atoms with Crippen molar-refractivity contribution in [3.63, 3.8) is 0 Å². The number of pyridine rings is 2. The number of nitrogens with one attached hydrogen (secondary N) is 4. The zero-order valence-corrected chi connectivity index (χ0v) is 18.2. The Hall–Kier alpha value is -3.67. The lowest BCUT2D eigenvalue weighted by atomic mass is 9.80. The summed E-state index contributed by atoms with van der Waals surface area (Å²) >= 11 is 0. The van der Waals surface area contributed by atoms with Gasteiger partial charge in [0.05, 0.1) is 11.9 Å². The maximum atomic E-state index is 12.7. The Balaban J connectivity index is 2.01. The summed E-state index contributed by atoms with van der Waals surface area (Å²) in [6, 6.07) is 2.91. The van der Waals surface area contributed by atoms with Crippen molar-refractivity contribution in [1.82, 2.24) is 25.6 Å². The van der Waals surface area contributed by atoms with E-state index in [1.807, 2.05) is 5.32 Å². The number of fused-ring (bicyclic) bond motifs is 1. The van der Waals surface area contributed by atoms with Crippen LogP contribution in [-0.4, -0.2) is 46.7 Å². The molecule has 6 N–H and O–H groups in total. The highest BCUT2D eigenvalue weighted by molar-refractivity contribution is 5.98. The number of hydrogen-bond donors (Lipinski definition) is 5. The first-order valence-corrected chi connectivity index (χ1v) is 10.0. The molecule has 0 radical (unpaired) electrons. The molecule has 33 heavy (non-hydrogen) atoms. The molecule has 12 heteroatoms. The van der Waals surface area contributed by atoms with Crippen LogP contribution in [0.3, 0.4) is 0 Å². The minimum Gasteiger partial charge on any atom is -0.346 e. The van der Waals surface area contributed by atoms with Crippen LogP contribution in [0.5, 0.6) is 0 Å². The van der Waals surface area contributed by atoms with Gasteiger partial charge in [-0.2, -0.15) is 13.2 Å². The number of nitrogens with zero attached hydrogens (tertiary/aromatic N) is 2. The molecule has 0 fully saturated rings. The lowest BCUT2D eigenvalue weighted by Gasteiger charge is -2.32. The van der Waals surface area contributed by atoms with E-state index in [4.69, 9.17) is 5.73 Å². The highest BCUT2D eigenvalue weighted by atomic mass is 19.4. The van der Waals surface area contributed by atoms with E-state index < -0.39 is 36.1 Å². The third kappa shape index (κ3) is 5.06. The van der Waals surface area contributed by atoms with Crippen LogP contribution in [0.15, 0.2) is 36.9 Å². The van der Waals surface area contributed by atoms with Crippen molar-refractivity contribution in [2.75, 3.05) is 18.9 Å². The second-order valence-corrected chi connectivity index (χ2v) is 7.81. The molecule has 0 aliphatic heterocycles. The molecule has 3 heterocycles. The summed E-state index contributed by atoms with van der Waals surface area (Å²) in [6.07, 6.45) is 1.51. The summed E-state index contributed by atoms with van der Waals surface area (Å²) in [5.74, 6) is -1.48. The van der Waals surface area contributed by atoms with E-state index in [1.54, 1.807) is 38.4 Å². The summed E-state index contributed by atoms with van der Waals surface area (Å²) in [6.45, 7) is 1.80. The van der Waals surface area contributed by atoms with Crippen molar-refractivity contribution in [2.45, 2.75) is 25.6 Å². The van der Waals surface area contributed by atoms with Crippen molar-refractivity contribution in [3.05, 3.63) is 42.5 Å². The number of hydrogen-bond acceptors (Lipinski definition) is 5. The number of aromatic nitrogens is 3. The molecule has 3 amide bonds. The van der Waals surface area contributed by atoms with Gasteiger partial charge >= 0.3 is 12.2 Å². The number of anilines is 1. The highest BCUT2D eigenvalue weighted by Crippen LogP contribution is 2.33. The maximum Gasteiger partial charge on any atom is 0.405 e. The number of carbonyl (C=O) groups is 2. The van der Waals surface area contributed by atoms with Crippen LogP contribution in [0.4, 0.5) is 23.7 Å². The van der Waals surface area contributed by atoms with Crippen LogP contribution in [-0.2, 0) is 10.3 Å². The third-order valence-electron chi connectivity index (χ3n) is 5.28. The summed E-state index contributed by atoms with van der Waals surface area (Å²) in [4.78, 5) is 35.8. The number of nitrogens with two attached hydrogens (primary N) is 1. The summed E-state index contributed by atoms with van der Waals surface area (Å²) in [7, 11) is 1.48. The Morgan fingerprint density at radius 1 is 1.18 bits per heavy atom. The molecule has 0 saturated carbocycles. The first kappa shape index (κ1) is 24.0. The van der Waals surface area contributed by atoms with E-state index in [2.05, 4.69) is 25.6 Å². The molecule has 176 valence electrons. The van der Waals surface area contributed by atoms with E-state index in [0.717, 1.165) is 0 Å². The Kier molecular flexibility index (Phi) is 6.58. The normalized spacial score (nSPS) is 13.6. The first-order valence-electron chi connectivity index (χ1n) is 10.0. The predicted octanol–water partition coefficient (Wildman–Crippen LogP) is 2.86. The van der Waals surface area contributed by atoms with Crippen molar-refractivity contribution in [3.8, 4) is 11.1 Å². The van der Waals surface area contributed by atoms with Gasteiger partial charge in [0.25, 0.3) is 0 Å². The van der Waals surface area contributed by atoms with Gasteiger partial charge in [0.1, 0.15) is 17.7 Å². The Bertz CT molecular complexity index is 1180. The molecule has 1 unspecified atom stereocenters. The number of H-pyrrole nitrogens is 1. The monoisotopic (exact) mass is 463 g/mol. The van der Waals surface area contributed by atoms with E-state index in [0.29, 0.717) is 27.8 Å². The maximum absolute atomic E-state index is 12.7. The van der Waals surface area contributed by atoms with E-state index in [9.17, 15) is 22.8 Å². The molecule has 1 atom stereocenters. The average Bonchev–Trinajstić information content (AvgIpc) is 3.19. The van der Waals surface area contributed by atoms with Crippen LogP contribution in [0, 0.1) is 5.92 Å². The average molecular weight is 463 g/mol. The fourth-order valence-electron chi connectivity index (χ4n) is 3.37. The second-order valence-electron chi connectivity index (χ2n) is 7.81. The van der Waals surface area contributed by atoms with Gasteiger partial charge in [0.15, 0.2) is 0 Å². The second kappa shape index (κ2) is 9.06. The minimum absolute atomic E-state index is 0.261. The van der Waals surface area contributed by atoms with Crippen molar-refractivity contribution in [2.24, 2.45) is 11.7 Å².